The number of aromatic hydroxyl groups is 11. The van der Waals surface area contributed by atoms with Crippen LogP contribution in [0.5, 0.6) is 63.2 Å². The van der Waals surface area contributed by atoms with Crippen molar-refractivity contribution in [1.82, 2.24) is 4.57 Å². The summed E-state index contributed by atoms with van der Waals surface area (Å²) in [6.07, 6.45) is 0. The number of nitrogens with zero attached hydrogens (tertiary/aromatic N) is 2. The second-order valence-electron chi connectivity index (χ2n) is 16.0. The molecule has 0 saturated heterocycles. The quantitative estimate of drug-likeness (QED) is 0.0389. The number of aromatic nitrogens is 1. The van der Waals surface area contributed by atoms with Crippen molar-refractivity contribution >= 4 is 52.2 Å². The molecule has 0 aliphatic carbocycles. The molecule has 11 N–H and O–H groups in total. The maximum absolute atomic E-state index is 12.1. The van der Waals surface area contributed by atoms with Gasteiger partial charge in [-0.25, -0.2) is 0 Å². The lowest BCUT2D eigenvalue weighted by atomic mass is 9.83. The second kappa shape index (κ2) is 16.2. The SMILES string of the molecule is [B]c1c(O)c(N(c2c(O)c(O)c(-c3ccccc3)c(O)c2O)c2c(O)c(O)c(-c3ccccc3)c(O)c2O)c(O)c(O)c1-c1ccc(-c2ccccc2-n2c3ccccc3c3ccccc32)cc1. The highest BCUT2D eigenvalue weighted by Gasteiger charge is 2.39. The molecule has 332 valence electrons. The number of para-hydroxylation sites is 3. The first-order valence-electron chi connectivity index (χ1n) is 21.0. The van der Waals surface area contributed by atoms with E-state index in [2.05, 4.69) is 16.7 Å². The van der Waals surface area contributed by atoms with Crippen LogP contribution in [0.3, 0.4) is 0 Å². The van der Waals surface area contributed by atoms with Crippen LogP contribution in [0.1, 0.15) is 0 Å². The second-order valence-corrected chi connectivity index (χ2v) is 16.0. The van der Waals surface area contributed by atoms with Crippen LogP contribution in [-0.4, -0.2) is 68.6 Å². The van der Waals surface area contributed by atoms with Gasteiger partial charge in [-0.1, -0.05) is 140 Å². The number of benzene rings is 9. The zero-order valence-corrected chi connectivity index (χ0v) is 35.4. The van der Waals surface area contributed by atoms with Crippen molar-refractivity contribution in [2.75, 3.05) is 4.90 Å². The topological polar surface area (TPSA) is 231 Å². The lowest BCUT2D eigenvalue weighted by molar-refractivity contribution is 0.371. The Balaban J connectivity index is 1.16. The molecule has 0 aliphatic rings. The van der Waals surface area contributed by atoms with Gasteiger partial charge in [0, 0.05) is 21.9 Å². The fourth-order valence-corrected chi connectivity index (χ4v) is 9.02. The van der Waals surface area contributed by atoms with Crippen LogP contribution < -0.4 is 10.4 Å². The van der Waals surface area contributed by atoms with Gasteiger partial charge in [0.15, 0.2) is 57.5 Å². The molecule has 2 radical (unpaired) electrons. The molecular formula is C54H37BN2O11. The fourth-order valence-electron chi connectivity index (χ4n) is 9.02. The van der Waals surface area contributed by atoms with Crippen molar-refractivity contribution in [1.29, 1.82) is 0 Å². The summed E-state index contributed by atoms with van der Waals surface area (Å²) in [5, 5.41) is 131. The van der Waals surface area contributed by atoms with Gasteiger partial charge in [0.25, 0.3) is 0 Å². The van der Waals surface area contributed by atoms with E-state index in [0.29, 0.717) is 4.90 Å². The predicted molar refractivity (Wildman–Crippen MR) is 261 cm³/mol. The molecule has 0 saturated carbocycles. The number of phenolic OH excluding ortho intramolecular Hbond substituents is 11. The Bertz CT molecular complexity index is 3410. The van der Waals surface area contributed by atoms with Crippen LogP contribution in [0.2, 0.25) is 0 Å². The summed E-state index contributed by atoms with van der Waals surface area (Å²) in [5.74, 6) is -12.8. The van der Waals surface area contributed by atoms with Gasteiger partial charge in [-0.3, -0.25) is 4.90 Å². The normalized spacial score (nSPS) is 11.4. The Morgan fingerprint density at radius 3 is 1.10 bits per heavy atom. The smallest absolute Gasteiger partial charge is 0.186 e. The molecule has 1 heterocycles. The molecule has 68 heavy (non-hydrogen) atoms. The first-order valence-corrected chi connectivity index (χ1v) is 21.0. The Morgan fingerprint density at radius 2 is 0.647 bits per heavy atom. The highest BCUT2D eigenvalue weighted by molar-refractivity contribution is 6.39. The number of rotatable bonds is 8. The van der Waals surface area contributed by atoms with Crippen LogP contribution in [0.25, 0.3) is 72.0 Å². The first kappa shape index (κ1) is 42.4. The Labute approximate surface area is 387 Å². The average molecular weight is 901 g/mol. The number of anilines is 3. The summed E-state index contributed by atoms with van der Waals surface area (Å²) in [5.41, 5.74) is -0.382. The number of phenols is 11. The maximum Gasteiger partial charge on any atom is 0.186 e. The van der Waals surface area contributed by atoms with Crippen molar-refractivity contribution in [2.24, 2.45) is 0 Å². The Morgan fingerprint density at radius 1 is 0.309 bits per heavy atom. The molecule has 0 unspecified atom stereocenters. The molecule has 9 aromatic carbocycles. The predicted octanol–water partition coefficient (Wildman–Crippen LogP) is 10.5. The van der Waals surface area contributed by atoms with Crippen LogP contribution >= 0.6 is 0 Å². The van der Waals surface area contributed by atoms with E-state index in [1.165, 1.54) is 24.3 Å². The molecular weight excluding hydrogens is 863 g/mol. The fraction of sp³-hybridized carbons (Fsp3) is 0. The van der Waals surface area contributed by atoms with Crippen LogP contribution in [-0.2, 0) is 0 Å². The summed E-state index contributed by atoms with van der Waals surface area (Å²) in [4.78, 5) is 0.303. The zero-order chi connectivity index (χ0) is 47.7. The monoisotopic (exact) mass is 900 g/mol. The van der Waals surface area contributed by atoms with Gasteiger partial charge in [-0.15, -0.1) is 0 Å². The van der Waals surface area contributed by atoms with E-state index >= 15 is 0 Å². The molecule has 10 aromatic rings. The zero-order valence-electron chi connectivity index (χ0n) is 35.4. The van der Waals surface area contributed by atoms with Gasteiger partial charge in [0.05, 0.1) is 27.8 Å². The molecule has 10 rings (SSSR count). The van der Waals surface area contributed by atoms with Gasteiger partial charge in [-0.05, 0) is 45.9 Å². The maximum atomic E-state index is 12.1. The van der Waals surface area contributed by atoms with E-state index < -0.39 is 96.9 Å². The van der Waals surface area contributed by atoms with E-state index in [0.717, 1.165) is 38.6 Å². The molecule has 14 heteroatoms. The molecule has 0 aliphatic heterocycles. The van der Waals surface area contributed by atoms with Crippen LogP contribution in [0.15, 0.2) is 158 Å². The standard InChI is InChI=1S/C54H37BN2O11/c55-40-37(30-25-23-27(24-26-30)31-17-7-10-20-34(31)56-35-21-11-8-18-32(35)33-19-9-12-22-36(33)56)44(58)50(64)41(49(40)63)57(42-51(65)45(59)38(46(60)52(42)66)28-13-3-1-4-14-28)43-53(67)47(61)39(48(62)54(43)68)29-15-5-2-6-16-29/h1-26,58-68H. The molecule has 0 spiro atoms. The highest BCUT2D eigenvalue weighted by Crippen LogP contribution is 2.66. The summed E-state index contributed by atoms with van der Waals surface area (Å²) >= 11 is 0. The lowest BCUT2D eigenvalue weighted by Crippen LogP contribution is -2.17. The van der Waals surface area contributed by atoms with E-state index in [9.17, 15) is 56.2 Å². The summed E-state index contributed by atoms with van der Waals surface area (Å²) < 4.78 is 2.17. The first-order chi connectivity index (χ1) is 32.8. The van der Waals surface area contributed by atoms with Crippen molar-refractivity contribution < 1.29 is 56.2 Å². The minimum Gasteiger partial charge on any atom is -0.506 e. The molecule has 1 aromatic heterocycles. The van der Waals surface area contributed by atoms with Crippen molar-refractivity contribution in [3.8, 4) is 113 Å². The summed E-state index contributed by atoms with van der Waals surface area (Å²) in [6.45, 7) is 0. The van der Waals surface area contributed by atoms with Gasteiger partial charge >= 0.3 is 0 Å². The van der Waals surface area contributed by atoms with Crippen molar-refractivity contribution in [2.45, 2.75) is 0 Å². The van der Waals surface area contributed by atoms with Gasteiger partial charge < -0.3 is 60.7 Å². The average Bonchev–Trinajstić information content (AvgIpc) is 3.70. The van der Waals surface area contributed by atoms with Gasteiger partial charge in [0.2, 0.25) is 0 Å². The van der Waals surface area contributed by atoms with Crippen molar-refractivity contribution in [3.05, 3.63) is 158 Å². The number of hydrogen-bond donors (Lipinski definition) is 11. The van der Waals surface area contributed by atoms with Crippen LogP contribution in [0.4, 0.5) is 17.1 Å². The third kappa shape index (κ3) is 6.34. The van der Waals surface area contributed by atoms with Gasteiger partial charge in [-0.2, -0.15) is 0 Å². The highest BCUT2D eigenvalue weighted by atomic mass is 16.3. The Kier molecular flexibility index (Phi) is 10.1. The molecule has 0 amide bonds. The van der Waals surface area contributed by atoms with Crippen molar-refractivity contribution in [3.63, 3.8) is 0 Å². The third-order valence-electron chi connectivity index (χ3n) is 12.2. The summed E-state index contributed by atoms with van der Waals surface area (Å²) in [7, 11) is 6.60. The van der Waals surface area contributed by atoms with E-state index in [1.807, 2.05) is 60.7 Å². The minimum absolute atomic E-state index is 0.109. The molecule has 0 atom stereocenters. The van der Waals surface area contributed by atoms with E-state index in [1.54, 1.807) is 60.7 Å². The minimum atomic E-state index is -1.28. The molecule has 0 fully saturated rings. The molecule has 13 nitrogen and oxygen atoms in total. The van der Waals surface area contributed by atoms with E-state index in [-0.39, 0.29) is 22.3 Å². The molecule has 0 bridgehead atoms. The van der Waals surface area contributed by atoms with Crippen LogP contribution in [0, 0.1) is 0 Å². The van der Waals surface area contributed by atoms with E-state index in [4.69, 9.17) is 7.85 Å². The third-order valence-corrected chi connectivity index (χ3v) is 12.2. The number of fused-ring (bicyclic) bond motifs is 3. The summed E-state index contributed by atoms with van der Waals surface area (Å²) in [6, 6.07) is 45.8. The lowest BCUT2D eigenvalue weighted by Gasteiger charge is -2.32. The van der Waals surface area contributed by atoms with Gasteiger partial charge in [0.1, 0.15) is 30.7 Å². The largest absolute Gasteiger partial charge is 0.506 e. The number of hydrogen-bond acceptors (Lipinski definition) is 12. The Hall–Kier alpha value is -9.56.